The summed E-state index contributed by atoms with van der Waals surface area (Å²) in [4.78, 5) is 26.7. The highest BCUT2D eigenvalue weighted by Crippen LogP contribution is 2.29. The maximum atomic E-state index is 14.9. The number of H-pyrrole nitrogens is 1. The molecule has 1 amide bonds. The van der Waals surface area contributed by atoms with Crippen LogP contribution in [0.15, 0.2) is 48.1 Å². The molecule has 5 rings (SSSR count). The number of carbonyl (C=O) groups is 1. The molecule has 0 spiro atoms. The number of rotatable bonds is 7. The number of aromatic nitrogens is 3. The van der Waals surface area contributed by atoms with Gasteiger partial charge >= 0.3 is 0 Å². The number of amides is 1. The molecule has 33 heavy (non-hydrogen) atoms. The molecule has 2 fully saturated rings. The van der Waals surface area contributed by atoms with Gasteiger partial charge in [-0.25, -0.2) is 14.4 Å². The molecule has 3 heterocycles. The van der Waals surface area contributed by atoms with Crippen LogP contribution in [-0.4, -0.2) is 57.6 Å². The molecule has 174 valence electrons. The molecular formula is C24H30FN7O. The van der Waals surface area contributed by atoms with E-state index in [1.165, 1.54) is 0 Å². The minimum atomic E-state index is -1.14. The number of aromatic amines is 1. The number of hydrogen-bond donors (Lipinski definition) is 4. The quantitative estimate of drug-likeness (QED) is 0.515. The van der Waals surface area contributed by atoms with E-state index in [0.29, 0.717) is 36.3 Å². The lowest BCUT2D eigenvalue weighted by molar-refractivity contribution is 0.0954. The summed E-state index contributed by atoms with van der Waals surface area (Å²) in [5.41, 5.74) is 8.47. The number of nitrogens with zero attached hydrogens (tertiary/aromatic N) is 3. The first-order valence-corrected chi connectivity index (χ1v) is 11.7. The van der Waals surface area contributed by atoms with Gasteiger partial charge in [-0.15, -0.1) is 0 Å². The Kier molecular flexibility index (Phi) is 6.13. The number of pyridine rings is 1. The highest BCUT2D eigenvalue weighted by Gasteiger charge is 2.29. The van der Waals surface area contributed by atoms with Crippen LogP contribution in [0.2, 0.25) is 0 Å². The molecule has 9 heteroatoms. The zero-order chi connectivity index (χ0) is 22.8. The molecule has 1 unspecified atom stereocenters. The summed E-state index contributed by atoms with van der Waals surface area (Å²) in [5.74, 6) is 1.08. The van der Waals surface area contributed by atoms with Crippen molar-refractivity contribution in [2.45, 2.75) is 44.3 Å². The van der Waals surface area contributed by atoms with E-state index in [1.807, 2.05) is 12.1 Å². The molecule has 1 atom stereocenters. The lowest BCUT2D eigenvalue weighted by Crippen LogP contribution is -2.41. The average molecular weight is 452 g/mol. The van der Waals surface area contributed by atoms with Gasteiger partial charge in [-0.1, -0.05) is 6.08 Å². The van der Waals surface area contributed by atoms with Crippen LogP contribution in [0.1, 0.15) is 42.7 Å². The molecular weight excluding hydrogens is 421 g/mol. The summed E-state index contributed by atoms with van der Waals surface area (Å²) in [5, 5.41) is 6.25. The summed E-state index contributed by atoms with van der Waals surface area (Å²) in [6, 6.07) is 4.31. The van der Waals surface area contributed by atoms with Crippen molar-refractivity contribution in [2.75, 3.05) is 25.0 Å². The largest absolute Gasteiger partial charge is 0.371 e. The summed E-state index contributed by atoms with van der Waals surface area (Å²) < 4.78 is 14.9. The van der Waals surface area contributed by atoms with Crippen molar-refractivity contribution < 1.29 is 9.18 Å². The summed E-state index contributed by atoms with van der Waals surface area (Å²) in [6.45, 7) is 2.15. The van der Waals surface area contributed by atoms with E-state index in [9.17, 15) is 9.18 Å². The number of carbonyl (C=O) groups excluding carboxylic acids is 1. The van der Waals surface area contributed by atoms with Gasteiger partial charge in [0.1, 0.15) is 12.0 Å². The predicted octanol–water partition coefficient (Wildman–Crippen LogP) is 2.96. The number of alkyl halides is 1. The third-order valence-corrected chi connectivity index (χ3v) is 6.53. The molecule has 8 nitrogen and oxygen atoms in total. The van der Waals surface area contributed by atoms with Crippen LogP contribution >= 0.6 is 0 Å². The summed E-state index contributed by atoms with van der Waals surface area (Å²) in [7, 11) is 0. The SMILES string of the molecule is NCC1CCN(C2=C(NC(=O)c3ncc(-c4ccnc(NC5CC5)c4)[nH]3)C=CCC2F)CC1. The number of imidazole rings is 1. The number of hydrogen-bond acceptors (Lipinski definition) is 6. The van der Waals surface area contributed by atoms with E-state index in [4.69, 9.17) is 5.73 Å². The van der Waals surface area contributed by atoms with Crippen LogP contribution in [0.4, 0.5) is 10.2 Å². The van der Waals surface area contributed by atoms with Crippen molar-refractivity contribution in [1.29, 1.82) is 0 Å². The molecule has 5 N–H and O–H groups in total. The fourth-order valence-electron chi connectivity index (χ4n) is 4.43. The average Bonchev–Trinajstić information content (AvgIpc) is 3.50. The fraction of sp³-hybridized carbons (Fsp3) is 0.458. The van der Waals surface area contributed by atoms with Crippen molar-refractivity contribution in [3.8, 4) is 11.3 Å². The summed E-state index contributed by atoms with van der Waals surface area (Å²) in [6.07, 6.45) is 10.3. The van der Waals surface area contributed by atoms with E-state index in [2.05, 4.69) is 30.5 Å². The lowest BCUT2D eigenvalue weighted by Gasteiger charge is -2.37. The Labute approximate surface area is 192 Å². The second kappa shape index (κ2) is 9.35. The van der Waals surface area contributed by atoms with Crippen LogP contribution < -0.4 is 16.4 Å². The molecule has 0 bridgehead atoms. The van der Waals surface area contributed by atoms with Crippen molar-refractivity contribution in [3.05, 3.63) is 53.9 Å². The Hall–Kier alpha value is -3.20. The van der Waals surface area contributed by atoms with Gasteiger partial charge in [-0.05, 0) is 56.4 Å². The van der Waals surface area contributed by atoms with Crippen LogP contribution in [0.5, 0.6) is 0 Å². The van der Waals surface area contributed by atoms with Crippen LogP contribution in [0.3, 0.4) is 0 Å². The summed E-state index contributed by atoms with van der Waals surface area (Å²) >= 11 is 0. The first kappa shape index (κ1) is 21.6. The maximum Gasteiger partial charge on any atom is 0.291 e. The Balaban J connectivity index is 1.31. The van der Waals surface area contributed by atoms with Crippen LogP contribution in [0, 0.1) is 5.92 Å². The van der Waals surface area contributed by atoms with E-state index in [0.717, 1.165) is 55.8 Å². The standard InChI is InChI=1S/C24H30FN7O/c25-18-2-1-3-19(22(18)32-10-7-15(13-26)8-11-32)31-24(33)23-28-14-20(30-23)16-6-9-27-21(12-16)29-17-4-5-17/h1,3,6,9,12,14-15,17-18H,2,4-5,7-8,10-11,13,26H2,(H,27,29)(H,28,30)(H,31,33). The molecule has 3 aliphatic rings. The smallest absolute Gasteiger partial charge is 0.291 e. The lowest BCUT2D eigenvalue weighted by atomic mass is 9.95. The molecule has 0 radical (unpaired) electrons. The van der Waals surface area contributed by atoms with Gasteiger partial charge in [0, 0.05) is 37.3 Å². The number of nitrogens with one attached hydrogen (secondary N) is 3. The Bertz CT molecular complexity index is 1070. The highest BCUT2D eigenvalue weighted by atomic mass is 19.1. The van der Waals surface area contributed by atoms with Gasteiger partial charge in [0.25, 0.3) is 5.91 Å². The molecule has 2 aliphatic carbocycles. The first-order valence-electron chi connectivity index (χ1n) is 11.7. The fourth-order valence-corrected chi connectivity index (χ4v) is 4.43. The monoisotopic (exact) mass is 451 g/mol. The van der Waals surface area contributed by atoms with Gasteiger partial charge in [0.05, 0.1) is 23.3 Å². The minimum Gasteiger partial charge on any atom is -0.371 e. The van der Waals surface area contributed by atoms with Gasteiger partial charge in [0.15, 0.2) is 5.82 Å². The third-order valence-electron chi connectivity index (χ3n) is 6.53. The molecule has 2 aromatic heterocycles. The van der Waals surface area contributed by atoms with Gasteiger partial charge in [0.2, 0.25) is 0 Å². The Morgan fingerprint density at radius 3 is 2.82 bits per heavy atom. The maximum absolute atomic E-state index is 14.9. The number of nitrogens with two attached hydrogens (primary N) is 1. The van der Waals surface area contributed by atoms with E-state index >= 15 is 0 Å². The predicted molar refractivity (Wildman–Crippen MR) is 125 cm³/mol. The van der Waals surface area contributed by atoms with Gasteiger partial charge < -0.3 is 26.3 Å². The highest BCUT2D eigenvalue weighted by molar-refractivity contribution is 5.93. The molecule has 0 aromatic carbocycles. The van der Waals surface area contributed by atoms with E-state index < -0.39 is 12.1 Å². The normalized spacial score (nSPS) is 21.4. The number of anilines is 1. The Morgan fingerprint density at radius 2 is 2.06 bits per heavy atom. The zero-order valence-electron chi connectivity index (χ0n) is 18.6. The molecule has 2 aromatic rings. The van der Waals surface area contributed by atoms with Crippen molar-refractivity contribution in [1.82, 2.24) is 25.2 Å². The van der Waals surface area contributed by atoms with Crippen molar-refractivity contribution >= 4 is 11.7 Å². The minimum absolute atomic E-state index is 0.182. The number of likely N-dealkylation sites (tertiary alicyclic amines) is 1. The third kappa shape index (κ3) is 4.93. The molecule has 1 saturated carbocycles. The first-order chi connectivity index (χ1) is 16.1. The second-order valence-corrected chi connectivity index (χ2v) is 9.02. The number of piperidine rings is 1. The zero-order valence-corrected chi connectivity index (χ0v) is 18.6. The van der Waals surface area contributed by atoms with Gasteiger partial charge in [-0.3, -0.25) is 4.79 Å². The van der Waals surface area contributed by atoms with Crippen LogP contribution in [-0.2, 0) is 0 Å². The number of allylic oxidation sites excluding steroid dienone is 3. The van der Waals surface area contributed by atoms with Crippen molar-refractivity contribution in [3.63, 3.8) is 0 Å². The second-order valence-electron chi connectivity index (χ2n) is 9.02. The number of halogens is 1. The molecule has 1 aliphatic heterocycles. The Morgan fingerprint density at radius 1 is 1.24 bits per heavy atom. The van der Waals surface area contributed by atoms with E-state index in [-0.39, 0.29) is 5.82 Å². The van der Waals surface area contributed by atoms with Crippen molar-refractivity contribution in [2.24, 2.45) is 11.7 Å². The topological polar surface area (TPSA) is 112 Å². The van der Waals surface area contributed by atoms with Crippen LogP contribution in [0.25, 0.3) is 11.3 Å². The van der Waals surface area contributed by atoms with Gasteiger partial charge in [-0.2, -0.15) is 0 Å². The van der Waals surface area contributed by atoms with E-state index in [1.54, 1.807) is 24.5 Å². The molecule has 1 saturated heterocycles.